The van der Waals surface area contributed by atoms with E-state index in [1.54, 1.807) is 24.3 Å². The Balaban J connectivity index is 1.62. The molecule has 1 fully saturated rings. The molecule has 7 nitrogen and oxygen atoms in total. The second kappa shape index (κ2) is 6.96. The summed E-state index contributed by atoms with van der Waals surface area (Å²) in [6.07, 6.45) is 4.42. The average Bonchev–Trinajstić information content (AvgIpc) is 3.21. The van der Waals surface area contributed by atoms with E-state index in [1.165, 1.54) is 0 Å². The van der Waals surface area contributed by atoms with Crippen molar-refractivity contribution in [2.24, 2.45) is 23.7 Å². The van der Waals surface area contributed by atoms with Gasteiger partial charge in [-0.25, -0.2) is 0 Å². The molecule has 2 bridgehead atoms. The van der Waals surface area contributed by atoms with Crippen molar-refractivity contribution in [2.45, 2.75) is 13.3 Å². The van der Waals surface area contributed by atoms with E-state index in [4.69, 9.17) is 4.74 Å². The molecule has 4 atom stereocenters. The Morgan fingerprint density at radius 3 is 2.56 bits per heavy atom. The highest BCUT2D eigenvalue weighted by molar-refractivity contribution is 5.96. The van der Waals surface area contributed by atoms with E-state index in [1.807, 2.05) is 19.1 Å². The van der Waals surface area contributed by atoms with Crippen LogP contribution < -0.4 is 15.6 Å². The standard InChI is InChI=1S/C18H20N2O5/c1-2-25-13-5-3-4-12(9-13)16(21)19-20-17(22)14-10-6-7-11(8-10)15(14)18(23)24/h3-7,9-11,14-15H,2,8H2,1H3,(H,19,21)(H,20,22)(H,23,24)/t10-,11-,14-,15+/m0/s1. The average molecular weight is 344 g/mol. The number of fused-ring (bicyclic) bond motifs is 2. The van der Waals surface area contributed by atoms with E-state index in [2.05, 4.69) is 10.9 Å². The Bertz CT molecular complexity index is 730. The maximum absolute atomic E-state index is 12.4. The quantitative estimate of drug-likeness (QED) is 0.553. The summed E-state index contributed by atoms with van der Waals surface area (Å²) < 4.78 is 5.34. The number of rotatable bonds is 5. The number of carbonyl (C=O) groups excluding carboxylic acids is 2. The molecule has 0 aliphatic heterocycles. The first kappa shape index (κ1) is 17.0. The van der Waals surface area contributed by atoms with Crippen LogP contribution in [0.3, 0.4) is 0 Å². The maximum atomic E-state index is 12.4. The van der Waals surface area contributed by atoms with Gasteiger partial charge in [0.2, 0.25) is 5.91 Å². The van der Waals surface area contributed by atoms with Crippen LogP contribution in [0.1, 0.15) is 23.7 Å². The Labute approximate surface area is 145 Å². The van der Waals surface area contributed by atoms with Crippen molar-refractivity contribution in [1.29, 1.82) is 0 Å². The predicted molar refractivity (Wildman–Crippen MR) is 88.6 cm³/mol. The van der Waals surface area contributed by atoms with E-state index >= 15 is 0 Å². The first-order valence-electron chi connectivity index (χ1n) is 8.25. The third kappa shape index (κ3) is 3.35. The molecule has 2 aliphatic rings. The third-order valence-electron chi connectivity index (χ3n) is 4.75. The number of aliphatic carboxylic acids is 1. The minimum Gasteiger partial charge on any atom is -0.494 e. The summed E-state index contributed by atoms with van der Waals surface area (Å²) in [5.74, 6) is -2.99. The fourth-order valence-electron chi connectivity index (χ4n) is 3.68. The second-order valence-electron chi connectivity index (χ2n) is 6.24. The first-order chi connectivity index (χ1) is 12.0. The lowest BCUT2D eigenvalue weighted by atomic mass is 9.82. The lowest BCUT2D eigenvalue weighted by molar-refractivity contribution is -0.148. The van der Waals surface area contributed by atoms with Crippen LogP contribution in [0, 0.1) is 23.7 Å². The van der Waals surface area contributed by atoms with Crippen LogP contribution in [-0.2, 0) is 9.59 Å². The molecule has 1 saturated carbocycles. The van der Waals surface area contributed by atoms with Crippen molar-refractivity contribution in [1.82, 2.24) is 10.9 Å². The molecule has 0 saturated heterocycles. The van der Waals surface area contributed by atoms with Gasteiger partial charge in [-0.05, 0) is 43.4 Å². The van der Waals surface area contributed by atoms with E-state index in [9.17, 15) is 19.5 Å². The van der Waals surface area contributed by atoms with Gasteiger partial charge in [-0.15, -0.1) is 0 Å². The van der Waals surface area contributed by atoms with E-state index in [-0.39, 0.29) is 11.8 Å². The van der Waals surface area contributed by atoms with Crippen molar-refractivity contribution in [2.75, 3.05) is 6.61 Å². The molecule has 0 radical (unpaired) electrons. The lowest BCUT2D eigenvalue weighted by Gasteiger charge is -2.23. The summed E-state index contributed by atoms with van der Waals surface area (Å²) in [6, 6.07) is 6.59. The fourth-order valence-corrected chi connectivity index (χ4v) is 3.68. The van der Waals surface area contributed by atoms with Crippen LogP contribution in [0.25, 0.3) is 0 Å². The molecule has 1 aromatic carbocycles. The zero-order chi connectivity index (χ0) is 18.0. The van der Waals surface area contributed by atoms with E-state index in [0.29, 0.717) is 24.3 Å². The number of benzene rings is 1. The second-order valence-corrected chi connectivity index (χ2v) is 6.24. The number of hydrogen-bond acceptors (Lipinski definition) is 4. The van der Waals surface area contributed by atoms with Crippen LogP contribution in [0.5, 0.6) is 5.75 Å². The normalized spacial score (nSPS) is 26.3. The summed E-state index contributed by atoms with van der Waals surface area (Å²) >= 11 is 0. The molecule has 0 unspecified atom stereocenters. The minimum absolute atomic E-state index is 0.0933. The number of carboxylic acid groups (broad SMARTS) is 1. The molecule has 0 aromatic heterocycles. The van der Waals surface area contributed by atoms with Gasteiger partial charge in [0.25, 0.3) is 5.91 Å². The smallest absolute Gasteiger partial charge is 0.307 e. The summed E-state index contributed by atoms with van der Waals surface area (Å²) in [7, 11) is 0. The van der Waals surface area contributed by atoms with Crippen LogP contribution in [0.15, 0.2) is 36.4 Å². The number of hydrogen-bond donors (Lipinski definition) is 3. The third-order valence-corrected chi connectivity index (χ3v) is 4.75. The van der Waals surface area contributed by atoms with Crippen molar-refractivity contribution < 1.29 is 24.2 Å². The van der Waals surface area contributed by atoms with Crippen LogP contribution in [-0.4, -0.2) is 29.5 Å². The molecule has 3 N–H and O–H groups in total. The topological polar surface area (TPSA) is 105 Å². The Hall–Kier alpha value is -2.83. The van der Waals surface area contributed by atoms with Crippen LogP contribution in [0.4, 0.5) is 0 Å². The van der Waals surface area contributed by atoms with Crippen molar-refractivity contribution in [3.8, 4) is 5.75 Å². The zero-order valence-electron chi connectivity index (χ0n) is 13.8. The van der Waals surface area contributed by atoms with E-state index in [0.717, 1.165) is 0 Å². The number of ether oxygens (including phenoxy) is 1. The molecular weight excluding hydrogens is 324 g/mol. The molecule has 3 rings (SSSR count). The van der Waals surface area contributed by atoms with Gasteiger partial charge in [0, 0.05) is 5.56 Å². The molecule has 132 valence electrons. The number of carboxylic acids is 1. The maximum Gasteiger partial charge on any atom is 0.307 e. The summed E-state index contributed by atoms with van der Waals surface area (Å²) in [5, 5.41) is 9.38. The van der Waals surface area contributed by atoms with Gasteiger partial charge in [-0.2, -0.15) is 0 Å². The zero-order valence-corrected chi connectivity index (χ0v) is 13.8. The molecule has 0 spiro atoms. The summed E-state index contributed by atoms with van der Waals surface area (Å²) in [6.45, 7) is 2.33. The van der Waals surface area contributed by atoms with Gasteiger partial charge in [-0.3, -0.25) is 25.2 Å². The number of allylic oxidation sites excluding steroid dienone is 2. The van der Waals surface area contributed by atoms with E-state index < -0.39 is 29.6 Å². The van der Waals surface area contributed by atoms with Gasteiger partial charge in [-0.1, -0.05) is 18.2 Å². The fraction of sp³-hybridized carbons (Fsp3) is 0.389. The van der Waals surface area contributed by atoms with Gasteiger partial charge >= 0.3 is 5.97 Å². The highest BCUT2D eigenvalue weighted by Gasteiger charge is 2.51. The number of carbonyl (C=O) groups is 3. The van der Waals surface area contributed by atoms with Gasteiger partial charge in [0.1, 0.15) is 5.75 Å². The molecule has 0 heterocycles. The minimum atomic E-state index is -0.979. The molecule has 25 heavy (non-hydrogen) atoms. The monoisotopic (exact) mass is 344 g/mol. The first-order valence-corrected chi connectivity index (χ1v) is 8.25. The van der Waals surface area contributed by atoms with Crippen LogP contribution >= 0.6 is 0 Å². The lowest BCUT2D eigenvalue weighted by Crippen LogP contribution is -2.48. The van der Waals surface area contributed by atoms with Gasteiger partial charge in [0.15, 0.2) is 0 Å². The largest absolute Gasteiger partial charge is 0.494 e. The predicted octanol–water partition coefficient (Wildman–Crippen LogP) is 1.37. The SMILES string of the molecule is CCOc1cccc(C(=O)NNC(=O)[C@@H]2[C@H](C(=O)O)[C@H]3C=C[C@H]2C3)c1. The van der Waals surface area contributed by atoms with Crippen molar-refractivity contribution in [3.63, 3.8) is 0 Å². The molecule has 7 heteroatoms. The highest BCUT2D eigenvalue weighted by atomic mass is 16.5. The molecular formula is C18H20N2O5. The number of amides is 2. The number of hydrazine groups is 1. The molecule has 2 aliphatic carbocycles. The molecule has 1 aromatic rings. The highest BCUT2D eigenvalue weighted by Crippen LogP contribution is 2.48. The molecule has 2 amide bonds. The Morgan fingerprint density at radius 2 is 1.88 bits per heavy atom. The van der Waals surface area contributed by atoms with Crippen LogP contribution in [0.2, 0.25) is 0 Å². The Kier molecular flexibility index (Phi) is 4.74. The van der Waals surface area contributed by atoms with Crippen molar-refractivity contribution in [3.05, 3.63) is 42.0 Å². The number of nitrogens with one attached hydrogen (secondary N) is 2. The Morgan fingerprint density at radius 1 is 1.16 bits per heavy atom. The van der Waals surface area contributed by atoms with Crippen molar-refractivity contribution >= 4 is 17.8 Å². The summed E-state index contributed by atoms with van der Waals surface area (Å²) in [5.41, 5.74) is 5.06. The summed E-state index contributed by atoms with van der Waals surface area (Å²) in [4.78, 5) is 36.0. The van der Waals surface area contributed by atoms with Gasteiger partial charge in [0.05, 0.1) is 18.4 Å². The van der Waals surface area contributed by atoms with Gasteiger partial charge < -0.3 is 9.84 Å².